The minimum Gasteiger partial charge on any atom is -0.493 e. The Morgan fingerprint density at radius 1 is 1.42 bits per heavy atom. The molecule has 1 atom stereocenters. The van der Waals surface area contributed by atoms with Crippen molar-refractivity contribution in [3.05, 3.63) is 29.3 Å². The summed E-state index contributed by atoms with van der Waals surface area (Å²) in [5.74, 6) is 0.856. The molecule has 0 amide bonds. The minimum absolute atomic E-state index is 0.0263. The van der Waals surface area contributed by atoms with E-state index >= 15 is 0 Å². The highest BCUT2D eigenvalue weighted by molar-refractivity contribution is 7.90. The van der Waals surface area contributed by atoms with Crippen LogP contribution in [0.4, 0.5) is 0 Å². The molecule has 0 unspecified atom stereocenters. The molecule has 0 radical (unpaired) electrons. The zero-order chi connectivity index (χ0) is 13.5. The molecule has 0 bridgehead atoms. The molecular formula is C13H17NO4S. The molecule has 104 valence electrons. The quantitative estimate of drug-likeness (QED) is 0.835. The molecule has 2 aliphatic rings. The van der Waals surface area contributed by atoms with E-state index in [2.05, 4.69) is 4.72 Å². The van der Waals surface area contributed by atoms with Crippen molar-refractivity contribution < 1.29 is 18.3 Å². The summed E-state index contributed by atoms with van der Waals surface area (Å²) >= 11 is 0. The molecule has 3 rings (SSSR count). The third-order valence-electron chi connectivity index (χ3n) is 3.54. The fourth-order valence-corrected chi connectivity index (χ4v) is 3.61. The molecule has 1 heterocycles. The predicted molar refractivity (Wildman–Crippen MR) is 70.5 cm³/mol. The van der Waals surface area contributed by atoms with Crippen LogP contribution in [0.15, 0.2) is 18.2 Å². The first kappa shape index (κ1) is 12.9. The van der Waals surface area contributed by atoms with Gasteiger partial charge in [0, 0.05) is 13.0 Å². The van der Waals surface area contributed by atoms with Crippen LogP contribution >= 0.6 is 0 Å². The van der Waals surface area contributed by atoms with Gasteiger partial charge in [-0.2, -0.15) is 0 Å². The van der Waals surface area contributed by atoms with E-state index in [1.807, 2.05) is 12.1 Å². The van der Waals surface area contributed by atoms with E-state index in [9.17, 15) is 13.5 Å². The fourth-order valence-electron chi connectivity index (χ4n) is 2.22. The van der Waals surface area contributed by atoms with Gasteiger partial charge >= 0.3 is 0 Å². The smallest absolute Gasteiger partial charge is 0.214 e. The second-order valence-electron chi connectivity index (χ2n) is 5.07. The molecule has 5 nitrogen and oxygen atoms in total. The summed E-state index contributed by atoms with van der Waals surface area (Å²) in [4.78, 5) is 0. The lowest BCUT2D eigenvalue weighted by atomic mass is 10.0. The van der Waals surface area contributed by atoms with Crippen molar-refractivity contribution in [2.24, 2.45) is 0 Å². The lowest BCUT2D eigenvalue weighted by Crippen LogP contribution is -2.31. The van der Waals surface area contributed by atoms with Gasteiger partial charge in [0.1, 0.15) is 5.75 Å². The molecule has 1 aromatic carbocycles. The van der Waals surface area contributed by atoms with Crippen molar-refractivity contribution in [2.75, 3.05) is 13.2 Å². The number of sulfonamides is 1. The van der Waals surface area contributed by atoms with E-state index in [0.29, 0.717) is 6.61 Å². The number of hydrogen-bond acceptors (Lipinski definition) is 4. The molecule has 0 spiro atoms. The molecule has 0 aromatic heterocycles. The number of hydrogen-bond donors (Lipinski definition) is 2. The van der Waals surface area contributed by atoms with Crippen LogP contribution in [0.1, 0.15) is 30.1 Å². The van der Waals surface area contributed by atoms with Crippen LogP contribution in [0.3, 0.4) is 0 Å². The van der Waals surface area contributed by atoms with E-state index in [1.54, 1.807) is 6.07 Å². The summed E-state index contributed by atoms with van der Waals surface area (Å²) in [6.07, 6.45) is 1.46. The second kappa shape index (κ2) is 4.77. The average Bonchev–Trinajstić information content (AvgIpc) is 3.15. The molecule has 1 aromatic rings. The van der Waals surface area contributed by atoms with Crippen LogP contribution in [-0.2, 0) is 16.4 Å². The first-order valence-corrected chi connectivity index (χ1v) is 8.03. The lowest BCUT2D eigenvalue weighted by molar-refractivity contribution is 0.182. The Hall–Kier alpha value is -1.11. The topological polar surface area (TPSA) is 75.6 Å². The number of aliphatic hydroxyl groups is 1. The first-order valence-electron chi connectivity index (χ1n) is 6.48. The number of fused-ring (bicyclic) bond motifs is 1. The van der Waals surface area contributed by atoms with Crippen molar-refractivity contribution >= 4 is 10.0 Å². The lowest BCUT2D eigenvalue weighted by Gasteiger charge is -2.13. The van der Waals surface area contributed by atoms with Crippen LogP contribution in [-0.4, -0.2) is 31.9 Å². The van der Waals surface area contributed by atoms with E-state index in [0.717, 1.165) is 36.1 Å². The van der Waals surface area contributed by atoms with E-state index in [-0.39, 0.29) is 11.8 Å². The highest BCUT2D eigenvalue weighted by Gasteiger charge is 2.35. The third kappa shape index (κ3) is 2.75. The van der Waals surface area contributed by atoms with Gasteiger partial charge in [-0.05, 0) is 36.1 Å². The third-order valence-corrected chi connectivity index (χ3v) is 5.46. The largest absolute Gasteiger partial charge is 0.493 e. The zero-order valence-electron chi connectivity index (χ0n) is 10.5. The van der Waals surface area contributed by atoms with Gasteiger partial charge in [-0.3, -0.25) is 0 Å². The predicted octanol–water partition coefficient (Wildman–Crippen LogP) is 0.737. The van der Waals surface area contributed by atoms with Crippen molar-refractivity contribution in [3.63, 3.8) is 0 Å². The SMILES string of the molecule is O=S(=O)(NC[C@@H](O)c1ccc2c(c1)CCO2)C1CC1. The van der Waals surface area contributed by atoms with E-state index in [4.69, 9.17) is 4.74 Å². The summed E-state index contributed by atoms with van der Waals surface area (Å²) in [6.45, 7) is 0.696. The van der Waals surface area contributed by atoms with Crippen molar-refractivity contribution in [1.82, 2.24) is 4.72 Å². The normalized spacial score (nSPS) is 19.8. The maximum absolute atomic E-state index is 11.7. The van der Waals surface area contributed by atoms with Crippen molar-refractivity contribution in [2.45, 2.75) is 30.6 Å². The highest BCUT2D eigenvalue weighted by Crippen LogP contribution is 2.29. The summed E-state index contributed by atoms with van der Waals surface area (Å²) in [5, 5.41) is 9.79. The zero-order valence-corrected chi connectivity index (χ0v) is 11.3. The van der Waals surface area contributed by atoms with Gasteiger partial charge in [0.25, 0.3) is 0 Å². The average molecular weight is 283 g/mol. The van der Waals surface area contributed by atoms with Crippen LogP contribution in [0.5, 0.6) is 5.75 Å². The maximum Gasteiger partial charge on any atom is 0.214 e. The molecule has 2 N–H and O–H groups in total. The van der Waals surface area contributed by atoms with Crippen LogP contribution in [0.2, 0.25) is 0 Å². The Morgan fingerprint density at radius 3 is 2.95 bits per heavy atom. The van der Waals surface area contributed by atoms with Crippen LogP contribution in [0, 0.1) is 0 Å². The van der Waals surface area contributed by atoms with Gasteiger partial charge in [-0.15, -0.1) is 0 Å². The Labute approximate surface area is 112 Å². The monoisotopic (exact) mass is 283 g/mol. The van der Waals surface area contributed by atoms with Gasteiger partial charge < -0.3 is 9.84 Å². The van der Waals surface area contributed by atoms with Crippen LogP contribution < -0.4 is 9.46 Å². The van der Waals surface area contributed by atoms with Gasteiger partial charge in [-0.1, -0.05) is 6.07 Å². The molecule has 19 heavy (non-hydrogen) atoms. The van der Waals surface area contributed by atoms with Gasteiger partial charge in [0.15, 0.2) is 0 Å². The van der Waals surface area contributed by atoms with Crippen LogP contribution in [0.25, 0.3) is 0 Å². The molecule has 1 aliphatic heterocycles. The van der Waals surface area contributed by atoms with Crippen molar-refractivity contribution in [3.8, 4) is 5.75 Å². The maximum atomic E-state index is 11.7. The van der Waals surface area contributed by atoms with E-state index in [1.165, 1.54) is 0 Å². The molecule has 6 heteroatoms. The number of nitrogens with one attached hydrogen (secondary N) is 1. The molecule has 1 fully saturated rings. The summed E-state index contributed by atoms with van der Waals surface area (Å²) in [6, 6.07) is 5.49. The number of ether oxygens (including phenoxy) is 1. The number of rotatable bonds is 5. The Morgan fingerprint density at radius 2 is 2.21 bits per heavy atom. The van der Waals surface area contributed by atoms with Gasteiger partial charge in [-0.25, -0.2) is 13.1 Å². The molecule has 1 aliphatic carbocycles. The molecule has 1 saturated carbocycles. The van der Waals surface area contributed by atoms with Gasteiger partial charge in [0.05, 0.1) is 18.0 Å². The molecule has 0 saturated heterocycles. The molecular weight excluding hydrogens is 266 g/mol. The van der Waals surface area contributed by atoms with E-state index < -0.39 is 16.1 Å². The standard InChI is InChI=1S/C13H17NO4S/c15-12(8-14-19(16,17)11-2-3-11)9-1-4-13-10(7-9)5-6-18-13/h1,4,7,11-12,14-15H,2-3,5-6,8H2/t12-/m1/s1. The van der Waals surface area contributed by atoms with Crippen molar-refractivity contribution in [1.29, 1.82) is 0 Å². The Balaban J connectivity index is 1.65. The second-order valence-corrected chi connectivity index (χ2v) is 7.12. The summed E-state index contributed by atoms with van der Waals surface area (Å²) < 4.78 is 31.2. The Kier molecular flexibility index (Phi) is 3.24. The minimum atomic E-state index is -3.24. The summed E-state index contributed by atoms with van der Waals surface area (Å²) in [7, 11) is -3.24. The Bertz CT molecular complexity index is 580. The number of aliphatic hydroxyl groups excluding tert-OH is 1. The first-order chi connectivity index (χ1) is 9.06. The van der Waals surface area contributed by atoms with Gasteiger partial charge in [0.2, 0.25) is 10.0 Å². The number of benzene rings is 1. The fraction of sp³-hybridized carbons (Fsp3) is 0.538. The highest BCUT2D eigenvalue weighted by atomic mass is 32.2. The summed E-state index contributed by atoms with van der Waals surface area (Å²) in [5.41, 5.74) is 1.80.